The Kier molecular flexibility index (Phi) is 4.91. The number of hydrogen-bond acceptors (Lipinski definition) is 2. The van der Waals surface area contributed by atoms with Gasteiger partial charge in [-0.3, -0.25) is 4.79 Å². The van der Waals surface area contributed by atoms with Gasteiger partial charge in [-0.2, -0.15) is 0 Å². The zero-order chi connectivity index (χ0) is 13.8. The Morgan fingerprint density at radius 1 is 1.28 bits per heavy atom. The van der Waals surface area contributed by atoms with Crippen LogP contribution in [0.2, 0.25) is 0 Å². The highest BCUT2D eigenvalue weighted by Crippen LogP contribution is 2.28. The molecule has 0 radical (unpaired) electrons. The fourth-order valence-corrected chi connectivity index (χ4v) is 2.19. The van der Waals surface area contributed by atoms with E-state index in [1.165, 1.54) is 12.5 Å². The van der Waals surface area contributed by atoms with Crippen LogP contribution in [-0.2, 0) is 10.2 Å². The summed E-state index contributed by atoms with van der Waals surface area (Å²) < 4.78 is 0. The number of carbonyl (C=O) groups is 1. The normalized spacial score (nSPS) is 14.9. The lowest BCUT2D eigenvalue weighted by Crippen LogP contribution is -2.41. The van der Waals surface area contributed by atoms with E-state index in [1.54, 1.807) is 0 Å². The minimum atomic E-state index is -0.952. The van der Waals surface area contributed by atoms with Crippen LogP contribution < -0.4 is 5.32 Å². The summed E-state index contributed by atoms with van der Waals surface area (Å²) >= 11 is 0. The Morgan fingerprint density at radius 2 is 1.83 bits per heavy atom. The van der Waals surface area contributed by atoms with Crippen molar-refractivity contribution in [1.29, 1.82) is 0 Å². The van der Waals surface area contributed by atoms with Gasteiger partial charge in [-0.1, -0.05) is 44.2 Å². The highest BCUT2D eigenvalue weighted by molar-refractivity contribution is 5.80. The lowest BCUT2D eigenvalue weighted by molar-refractivity contribution is -0.129. The van der Waals surface area contributed by atoms with Gasteiger partial charge in [0.05, 0.1) is 0 Å². The summed E-state index contributed by atoms with van der Waals surface area (Å²) in [7, 11) is 0. The van der Waals surface area contributed by atoms with E-state index in [-0.39, 0.29) is 17.4 Å². The van der Waals surface area contributed by atoms with Crippen molar-refractivity contribution < 1.29 is 9.90 Å². The van der Waals surface area contributed by atoms with E-state index in [2.05, 4.69) is 31.3 Å². The van der Waals surface area contributed by atoms with Crippen molar-refractivity contribution in [1.82, 2.24) is 5.32 Å². The van der Waals surface area contributed by atoms with E-state index >= 15 is 0 Å². The first kappa shape index (κ1) is 14.7. The number of carbonyl (C=O) groups excluding carboxylic acids is 1. The van der Waals surface area contributed by atoms with E-state index in [9.17, 15) is 9.90 Å². The van der Waals surface area contributed by atoms with Crippen LogP contribution >= 0.6 is 0 Å². The highest BCUT2D eigenvalue weighted by atomic mass is 16.3. The maximum atomic E-state index is 11.4. The van der Waals surface area contributed by atoms with Crippen LogP contribution in [0.15, 0.2) is 30.3 Å². The monoisotopic (exact) mass is 249 g/mol. The van der Waals surface area contributed by atoms with Crippen LogP contribution in [0.5, 0.6) is 0 Å². The molecule has 2 N–H and O–H groups in total. The predicted molar refractivity (Wildman–Crippen MR) is 73.4 cm³/mol. The zero-order valence-corrected chi connectivity index (χ0v) is 11.6. The van der Waals surface area contributed by atoms with Crippen molar-refractivity contribution in [3.8, 4) is 0 Å². The van der Waals surface area contributed by atoms with Crippen molar-refractivity contribution in [3.63, 3.8) is 0 Å². The maximum absolute atomic E-state index is 11.4. The van der Waals surface area contributed by atoms with Crippen molar-refractivity contribution >= 4 is 5.91 Å². The molecule has 1 aromatic carbocycles. The molecular weight excluding hydrogens is 226 g/mol. The molecule has 0 aliphatic carbocycles. The number of aliphatic hydroxyl groups is 1. The summed E-state index contributed by atoms with van der Waals surface area (Å²) in [6, 6.07) is 10.3. The number of nitrogens with one attached hydrogen (secondary N) is 1. The van der Waals surface area contributed by atoms with Gasteiger partial charge >= 0.3 is 0 Å². The number of hydrogen-bond donors (Lipinski definition) is 2. The quantitative estimate of drug-likeness (QED) is 0.841. The topological polar surface area (TPSA) is 49.3 Å². The molecule has 3 nitrogen and oxygen atoms in total. The van der Waals surface area contributed by atoms with Crippen molar-refractivity contribution in [3.05, 3.63) is 35.9 Å². The second-order valence-electron chi connectivity index (χ2n) is 5.54. The van der Waals surface area contributed by atoms with Crippen LogP contribution in [-0.4, -0.2) is 23.2 Å². The fourth-order valence-electron chi connectivity index (χ4n) is 2.19. The summed E-state index contributed by atoms with van der Waals surface area (Å²) in [6.07, 6.45) is -0.123. The Hall–Kier alpha value is -1.35. The first-order valence-corrected chi connectivity index (χ1v) is 6.37. The third-order valence-corrected chi connectivity index (χ3v) is 3.14. The van der Waals surface area contributed by atoms with Crippen molar-refractivity contribution in [2.24, 2.45) is 0 Å². The van der Waals surface area contributed by atoms with E-state index in [0.29, 0.717) is 0 Å². The summed E-state index contributed by atoms with van der Waals surface area (Å²) in [5, 5.41) is 12.0. The Bertz CT molecular complexity index is 385. The molecule has 0 spiro atoms. The van der Waals surface area contributed by atoms with Crippen LogP contribution in [0.1, 0.15) is 39.7 Å². The molecule has 3 heteroatoms. The molecule has 1 aromatic rings. The van der Waals surface area contributed by atoms with Gasteiger partial charge in [-0.05, 0) is 31.2 Å². The molecule has 0 saturated carbocycles. The molecular formula is C15H23NO2. The van der Waals surface area contributed by atoms with Gasteiger partial charge in [-0.15, -0.1) is 0 Å². The van der Waals surface area contributed by atoms with Gasteiger partial charge in [0.25, 0.3) is 0 Å². The third-order valence-electron chi connectivity index (χ3n) is 3.14. The molecule has 0 fully saturated rings. The molecule has 0 aliphatic rings. The number of amides is 1. The van der Waals surface area contributed by atoms with Crippen LogP contribution in [0.3, 0.4) is 0 Å². The summed E-state index contributed by atoms with van der Waals surface area (Å²) in [5.41, 5.74) is 1.25. The van der Waals surface area contributed by atoms with Crippen molar-refractivity contribution in [2.75, 3.05) is 0 Å². The molecule has 100 valence electrons. The van der Waals surface area contributed by atoms with Gasteiger partial charge in [-0.25, -0.2) is 0 Å². The number of benzene rings is 1. The minimum Gasteiger partial charge on any atom is -0.384 e. The van der Waals surface area contributed by atoms with Gasteiger partial charge in [0, 0.05) is 6.04 Å². The minimum absolute atomic E-state index is 0.00729. The second-order valence-corrected chi connectivity index (χ2v) is 5.54. The first-order chi connectivity index (χ1) is 8.33. The average Bonchev–Trinajstić information content (AvgIpc) is 2.29. The second kappa shape index (κ2) is 6.01. The van der Waals surface area contributed by atoms with Gasteiger partial charge in [0.2, 0.25) is 5.91 Å². The number of rotatable bonds is 5. The fraction of sp³-hybridized carbons (Fsp3) is 0.533. The standard InChI is InChI=1S/C15H23NO2/c1-11(16-14(18)12(2)17)10-15(3,4)13-8-6-5-7-9-13/h5-9,11-12,17H,10H2,1-4H3,(H,16,18). The molecule has 2 unspecified atom stereocenters. The first-order valence-electron chi connectivity index (χ1n) is 6.37. The van der Waals surface area contributed by atoms with Crippen molar-refractivity contribution in [2.45, 2.75) is 51.7 Å². The van der Waals surface area contributed by atoms with Gasteiger partial charge in [0.15, 0.2) is 0 Å². The molecule has 1 amide bonds. The summed E-state index contributed by atoms with van der Waals surface area (Å²) in [5.74, 6) is -0.314. The molecule has 18 heavy (non-hydrogen) atoms. The lowest BCUT2D eigenvalue weighted by Gasteiger charge is -2.29. The molecule has 2 atom stereocenters. The largest absolute Gasteiger partial charge is 0.384 e. The molecule has 0 heterocycles. The Labute approximate surface area is 109 Å². The van der Waals surface area contributed by atoms with Crippen LogP contribution in [0.4, 0.5) is 0 Å². The van der Waals surface area contributed by atoms with E-state index in [1.807, 2.05) is 25.1 Å². The highest BCUT2D eigenvalue weighted by Gasteiger charge is 2.24. The SMILES string of the molecule is CC(CC(C)(C)c1ccccc1)NC(=O)C(C)O. The molecule has 0 bridgehead atoms. The molecule has 0 aliphatic heterocycles. The lowest BCUT2D eigenvalue weighted by atomic mass is 9.79. The Morgan fingerprint density at radius 3 is 2.33 bits per heavy atom. The van der Waals surface area contributed by atoms with E-state index in [0.717, 1.165) is 6.42 Å². The van der Waals surface area contributed by atoms with E-state index < -0.39 is 6.10 Å². The Balaban J connectivity index is 2.63. The van der Waals surface area contributed by atoms with E-state index in [4.69, 9.17) is 0 Å². The predicted octanol–water partition coefficient (Wildman–Crippen LogP) is 2.24. The molecule has 0 saturated heterocycles. The number of aliphatic hydroxyl groups excluding tert-OH is 1. The smallest absolute Gasteiger partial charge is 0.248 e. The summed E-state index contributed by atoms with van der Waals surface area (Å²) in [4.78, 5) is 11.4. The van der Waals surface area contributed by atoms with Crippen LogP contribution in [0, 0.1) is 0 Å². The van der Waals surface area contributed by atoms with Crippen LogP contribution in [0.25, 0.3) is 0 Å². The third kappa shape index (κ3) is 4.15. The van der Waals surface area contributed by atoms with Gasteiger partial charge < -0.3 is 10.4 Å². The summed E-state index contributed by atoms with van der Waals surface area (Å²) in [6.45, 7) is 7.76. The zero-order valence-electron chi connectivity index (χ0n) is 11.6. The maximum Gasteiger partial charge on any atom is 0.248 e. The molecule has 1 rings (SSSR count). The average molecular weight is 249 g/mol. The van der Waals surface area contributed by atoms with Gasteiger partial charge in [0.1, 0.15) is 6.10 Å². The molecule has 0 aromatic heterocycles.